The Morgan fingerprint density at radius 1 is 1.20 bits per heavy atom. The Kier molecular flexibility index (Phi) is 8.09. The number of carbonyl (C=O) groups is 2. The molecule has 0 spiro atoms. The summed E-state index contributed by atoms with van der Waals surface area (Å²) in [5.41, 5.74) is 0.358. The number of rotatable bonds is 8. The van der Waals surface area contributed by atoms with E-state index in [0.29, 0.717) is 27.9 Å². The number of carbonyl (C=O) groups excluding carboxylic acids is 2. The van der Waals surface area contributed by atoms with Gasteiger partial charge in [-0.3, -0.25) is 9.59 Å². The average Bonchev–Trinajstić information content (AvgIpc) is 3.02. The average molecular weight is 417 g/mol. The zero-order valence-corrected chi connectivity index (χ0v) is 16.7. The largest absolute Gasteiger partial charge is 0.349 e. The maximum atomic E-state index is 12.5. The summed E-state index contributed by atoms with van der Waals surface area (Å²) in [6, 6.07) is 9.81. The fourth-order valence-corrected chi connectivity index (χ4v) is 3.85. The first-order valence-electron chi connectivity index (χ1n) is 7.57. The summed E-state index contributed by atoms with van der Waals surface area (Å²) in [7, 11) is 0. The van der Waals surface area contributed by atoms with E-state index >= 15 is 0 Å². The predicted octanol–water partition coefficient (Wildman–Crippen LogP) is 4.22. The molecular formula is C17H18Cl2N2O2S2. The van der Waals surface area contributed by atoms with Gasteiger partial charge in [-0.15, -0.1) is 11.3 Å². The molecule has 0 radical (unpaired) electrons. The molecule has 1 unspecified atom stereocenters. The second-order valence-electron chi connectivity index (χ2n) is 5.21. The van der Waals surface area contributed by atoms with Gasteiger partial charge in [0.05, 0.1) is 21.5 Å². The lowest BCUT2D eigenvalue weighted by Crippen LogP contribution is -2.46. The molecule has 1 aromatic carbocycles. The van der Waals surface area contributed by atoms with Crippen molar-refractivity contribution in [1.29, 1.82) is 0 Å². The van der Waals surface area contributed by atoms with Crippen LogP contribution in [0.4, 0.5) is 0 Å². The third-order valence-electron chi connectivity index (χ3n) is 3.42. The van der Waals surface area contributed by atoms with E-state index in [1.807, 2.05) is 12.3 Å². The molecule has 2 aromatic rings. The Morgan fingerprint density at radius 3 is 2.60 bits per heavy atom. The molecule has 0 saturated carbocycles. The SMILES string of the molecule is CSCCC(NC(=O)c1ccccc1Cl)C(=O)NCc1ccc(Cl)s1. The minimum Gasteiger partial charge on any atom is -0.349 e. The van der Waals surface area contributed by atoms with Crippen molar-refractivity contribution < 1.29 is 9.59 Å². The molecule has 0 aliphatic heterocycles. The predicted molar refractivity (Wildman–Crippen MR) is 107 cm³/mol. The van der Waals surface area contributed by atoms with E-state index in [0.717, 1.165) is 10.6 Å². The Labute approximate surface area is 165 Å². The van der Waals surface area contributed by atoms with E-state index < -0.39 is 6.04 Å². The van der Waals surface area contributed by atoms with Crippen LogP contribution < -0.4 is 10.6 Å². The molecule has 1 aromatic heterocycles. The Bertz CT molecular complexity index is 737. The van der Waals surface area contributed by atoms with Crippen LogP contribution in [0.2, 0.25) is 9.36 Å². The lowest BCUT2D eigenvalue weighted by molar-refractivity contribution is -0.123. The molecule has 1 heterocycles. The number of amides is 2. The third kappa shape index (κ3) is 6.22. The van der Waals surface area contributed by atoms with Crippen LogP contribution in [-0.4, -0.2) is 29.9 Å². The topological polar surface area (TPSA) is 58.2 Å². The van der Waals surface area contributed by atoms with Crippen molar-refractivity contribution in [2.75, 3.05) is 12.0 Å². The number of hydrogen-bond donors (Lipinski definition) is 2. The van der Waals surface area contributed by atoms with E-state index in [1.54, 1.807) is 42.1 Å². The van der Waals surface area contributed by atoms with Crippen LogP contribution in [0, 0.1) is 0 Å². The lowest BCUT2D eigenvalue weighted by atomic mass is 10.1. The van der Waals surface area contributed by atoms with E-state index in [-0.39, 0.29) is 11.8 Å². The summed E-state index contributed by atoms with van der Waals surface area (Å²) in [6.45, 7) is 0.383. The van der Waals surface area contributed by atoms with Crippen LogP contribution in [0.5, 0.6) is 0 Å². The maximum Gasteiger partial charge on any atom is 0.253 e. The van der Waals surface area contributed by atoms with Crippen LogP contribution in [-0.2, 0) is 11.3 Å². The van der Waals surface area contributed by atoms with Gasteiger partial charge in [0.15, 0.2) is 0 Å². The molecule has 0 fully saturated rings. The van der Waals surface area contributed by atoms with Crippen LogP contribution in [0.3, 0.4) is 0 Å². The van der Waals surface area contributed by atoms with E-state index in [9.17, 15) is 9.59 Å². The van der Waals surface area contributed by atoms with Crippen molar-refractivity contribution in [3.63, 3.8) is 0 Å². The van der Waals surface area contributed by atoms with Gasteiger partial charge >= 0.3 is 0 Å². The maximum absolute atomic E-state index is 12.5. The van der Waals surface area contributed by atoms with Crippen molar-refractivity contribution in [1.82, 2.24) is 10.6 Å². The van der Waals surface area contributed by atoms with Crippen molar-refractivity contribution in [3.05, 3.63) is 56.2 Å². The highest BCUT2D eigenvalue weighted by molar-refractivity contribution is 7.98. The quantitative estimate of drug-likeness (QED) is 0.676. The van der Waals surface area contributed by atoms with Gasteiger partial charge in [0.1, 0.15) is 6.04 Å². The summed E-state index contributed by atoms with van der Waals surface area (Å²) in [5, 5.41) is 5.99. The van der Waals surface area contributed by atoms with Crippen LogP contribution >= 0.6 is 46.3 Å². The molecule has 0 bridgehead atoms. The highest BCUT2D eigenvalue weighted by Crippen LogP contribution is 2.21. The zero-order chi connectivity index (χ0) is 18.2. The van der Waals surface area contributed by atoms with Crippen molar-refractivity contribution >= 4 is 58.1 Å². The molecule has 0 aliphatic carbocycles. The first kappa shape index (κ1) is 20.1. The van der Waals surface area contributed by atoms with Gasteiger partial charge in [-0.25, -0.2) is 0 Å². The highest BCUT2D eigenvalue weighted by atomic mass is 35.5. The monoisotopic (exact) mass is 416 g/mol. The summed E-state index contributed by atoms with van der Waals surface area (Å²) in [5.74, 6) is 0.177. The molecule has 2 amide bonds. The van der Waals surface area contributed by atoms with Crippen molar-refractivity contribution in [3.8, 4) is 0 Å². The first-order valence-corrected chi connectivity index (χ1v) is 10.5. The number of thiophene rings is 1. The molecule has 8 heteroatoms. The van der Waals surface area contributed by atoms with Crippen LogP contribution in [0.1, 0.15) is 21.7 Å². The molecule has 2 N–H and O–H groups in total. The second kappa shape index (κ2) is 10.1. The van der Waals surface area contributed by atoms with E-state index in [4.69, 9.17) is 23.2 Å². The second-order valence-corrected chi connectivity index (χ2v) is 8.40. The van der Waals surface area contributed by atoms with Gasteiger partial charge in [0.25, 0.3) is 5.91 Å². The normalized spacial score (nSPS) is 11.8. The third-order valence-corrected chi connectivity index (χ3v) is 5.62. The highest BCUT2D eigenvalue weighted by Gasteiger charge is 2.22. The fraction of sp³-hybridized carbons (Fsp3) is 0.294. The summed E-state index contributed by atoms with van der Waals surface area (Å²) in [6.07, 6.45) is 2.49. The van der Waals surface area contributed by atoms with Gasteiger partial charge in [-0.05, 0) is 42.7 Å². The van der Waals surface area contributed by atoms with E-state index in [2.05, 4.69) is 10.6 Å². The molecule has 134 valence electrons. The molecular weight excluding hydrogens is 399 g/mol. The number of hydrogen-bond acceptors (Lipinski definition) is 4. The van der Waals surface area contributed by atoms with Crippen LogP contribution in [0.15, 0.2) is 36.4 Å². The van der Waals surface area contributed by atoms with Gasteiger partial charge in [-0.2, -0.15) is 11.8 Å². The number of benzene rings is 1. The van der Waals surface area contributed by atoms with Crippen molar-refractivity contribution in [2.45, 2.75) is 19.0 Å². The molecule has 0 aliphatic rings. The summed E-state index contributed by atoms with van der Waals surface area (Å²) in [4.78, 5) is 25.9. The number of nitrogens with one attached hydrogen (secondary N) is 2. The molecule has 4 nitrogen and oxygen atoms in total. The van der Waals surface area contributed by atoms with Gasteiger partial charge < -0.3 is 10.6 Å². The smallest absolute Gasteiger partial charge is 0.253 e. The number of thioether (sulfide) groups is 1. The zero-order valence-electron chi connectivity index (χ0n) is 13.6. The summed E-state index contributed by atoms with van der Waals surface area (Å²) >= 11 is 15.0. The molecule has 2 rings (SSSR count). The molecule has 1 atom stereocenters. The van der Waals surface area contributed by atoms with Gasteiger partial charge in [0.2, 0.25) is 5.91 Å². The van der Waals surface area contributed by atoms with Gasteiger partial charge in [0, 0.05) is 4.88 Å². The molecule has 25 heavy (non-hydrogen) atoms. The number of halogens is 2. The van der Waals surface area contributed by atoms with Crippen LogP contribution in [0.25, 0.3) is 0 Å². The minimum atomic E-state index is -0.619. The first-order chi connectivity index (χ1) is 12.0. The lowest BCUT2D eigenvalue weighted by Gasteiger charge is -2.18. The standard InChI is InChI=1S/C17H18Cl2N2O2S2/c1-24-9-8-14(17(23)20-10-11-6-7-15(19)25-11)21-16(22)12-4-2-3-5-13(12)18/h2-7,14H,8-10H2,1H3,(H,20,23)(H,21,22). The Hall–Kier alpha value is -1.21. The summed E-state index contributed by atoms with van der Waals surface area (Å²) < 4.78 is 0.676. The van der Waals surface area contributed by atoms with Crippen molar-refractivity contribution in [2.24, 2.45) is 0 Å². The van der Waals surface area contributed by atoms with Gasteiger partial charge in [-0.1, -0.05) is 35.3 Å². The van der Waals surface area contributed by atoms with E-state index in [1.165, 1.54) is 11.3 Å². The minimum absolute atomic E-state index is 0.223. The Morgan fingerprint density at radius 2 is 1.96 bits per heavy atom. The molecule has 0 saturated heterocycles. The Balaban J connectivity index is 2.00. The fourth-order valence-electron chi connectivity index (χ4n) is 2.13.